The molecule has 1 aromatic heterocycles. The van der Waals surface area contributed by atoms with Gasteiger partial charge in [0.2, 0.25) is 0 Å². The normalized spacial score (nSPS) is 26.6. The number of rotatable bonds is 2. The van der Waals surface area contributed by atoms with Crippen molar-refractivity contribution in [1.82, 2.24) is 9.55 Å². The van der Waals surface area contributed by atoms with E-state index in [9.17, 15) is 4.79 Å². The first-order valence-electron chi connectivity index (χ1n) is 4.88. The number of hydrogen-bond donors (Lipinski definition) is 0. The Kier molecular flexibility index (Phi) is 2.27. The summed E-state index contributed by atoms with van der Waals surface area (Å²) in [6.07, 6.45) is 4.46. The zero-order chi connectivity index (χ0) is 10.1. The molecule has 0 radical (unpaired) electrons. The van der Waals surface area contributed by atoms with Crippen LogP contribution >= 0.6 is 0 Å². The van der Waals surface area contributed by atoms with Crippen molar-refractivity contribution in [2.75, 3.05) is 6.61 Å². The molecular formula is C10H14N2O2. The van der Waals surface area contributed by atoms with E-state index in [2.05, 4.69) is 4.98 Å². The van der Waals surface area contributed by atoms with E-state index in [1.54, 1.807) is 6.20 Å². The number of ether oxygens (including phenoxy) is 1. The van der Waals surface area contributed by atoms with Crippen molar-refractivity contribution in [3.8, 4) is 0 Å². The molecule has 14 heavy (non-hydrogen) atoms. The number of hydrogen-bond acceptors (Lipinski definition) is 3. The number of cyclic esters (lactones) is 1. The van der Waals surface area contributed by atoms with Crippen LogP contribution in [0.4, 0.5) is 0 Å². The number of esters is 1. The van der Waals surface area contributed by atoms with Crippen LogP contribution in [-0.2, 0) is 16.6 Å². The van der Waals surface area contributed by atoms with Gasteiger partial charge in [-0.05, 0) is 6.42 Å². The summed E-state index contributed by atoms with van der Waals surface area (Å²) in [5, 5.41) is 0. The highest BCUT2D eigenvalue weighted by Gasteiger charge is 2.38. The van der Waals surface area contributed by atoms with Crippen LogP contribution in [0.1, 0.15) is 25.1 Å². The maximum atomic E-state index is 11.4. The van der Waals surface area contributed by atoms with Crippen LogP contribution in [0.2, 0.25) is 0 Å². The molecule has 0 amide bonds. The van der Waals surface area contributed by atoms with Crippen molar-refractivity contribution in [2.45, 2.75) is 19.3 Å². The van der Waals surface area contributed by atoms with Crippen LogP contribution in [0.5, 0.6) is 0 Å². The monoisotopic (exact) mass is 194 g/mol. The highest BCUT2D eigenvalue weighted by molar-refractivity contribution is 5.75. The number of nitrogens with zero attached hydrogens (tertiary/aromatic N) is 2. The number of aryl methyl sites for hydroxylation is 1. The molecule has 0 bridgehead atoms. The fraction of sp³-hybridized carbons (Fsp3) is 0.600. The molecule has 2 rings (SSSR count). The second-order valence-corrected chi connectivity index (χ2v) is 3.65. The summed E-state index contributed by atoms with van der Waals surface area (Å²) in [5.41, 5.74) is 0. The van der Waals surface area contributed by atoms with Crippen LogP contribution in [-0.4, -0.2) is 22.1 Å². The molecule has 2 heterocycles. The van der Waals surface area contributed by atoms with Crippen LogP contribution in [0.25, 0.3) is 0 Å². The Balaban J connectivity index is 2.27. The predicted octanol–water partition coefficient (Wildman–Crippen LogP) is 1.09. The highest BCUT2D eigenvalue weighted by atomic mass is 16.5. The lowest BCUT2D eigenvalue weighted by Crippen LogP contribution is -2.16. The molecule has 1 fully saturated rings. The molecular weight excluding hydrogens is 180 g/mol. The van der Waals surface area contributed by atoms with Gasteiger partial charge in [-0.1, -0.05) is 6.92 Å². The molecule has 4 heteroatoms. The van der Waals surface area contributed by atoms with Gasteiger partial charge in [0.15, 0.2) is 0 Å². The van der Waals surface area contributed by atoms with Gasteiger partial charge in [0.25, 0.3) is 0 Å². The second-order valence-electron chi connectivity index (χ2n) is 3.65. The third-order valence-corrected chi connectivity index (χ3v) is 2.82. The number of imidazole rings is 1. The number of aromatic nitrogens is 2. The van der Waals surface area contributed by atoms with Crippen molar-refractivity contribution in [1.29, 1.82) is 0 Å². The second kappa shape index (κ2) is 3.44. The molecule has 2 unspecified atom stereocenters. The van der Waals surface area contributed by atoms with Gasteiger partial charge in [-0.15, -0.1) is 0 Å². The van der Waals surface area contributed by atoms with E-state index in [1.165, 1.54) is 0 Å². The Morgan fingerprint density at radius 2 is 2.50 bits per heavy atom. The molecule has 0 N–H and O–H groups in total. The minimum Gasteiger partial charge on any atom is -0.465 e. The van der Waals surface area contributed by atoms with Gasteiger partial charge in [-0.25, -0.2) is 4.98 Å². The van der Waals surface area contributed by atoms with Gasteiger partial charge in [0.1, 0.15) is 12.4 Å². The fourth-order valence-corrected chi connectivity index (χ4v) is 2.00. The first kappa shape index (κ1) is 9.24. The molecule has 0 saturated carbocycles. The Bertz CT molecular complexity index is 346. The maximum Gasteiger partial charge on any atom is 0.309 e. The molecule has 4 nitrogen and oxygen atoms in total. The molecule has 76 valence electrons. The van der Waals surface area contributed by atoms with Gasteiger partial charge in [0, 0.05) is 19.4 Å². The summed E-state index contributed by atoms with van der Waals surface area (Å²) in [5.74, 6) is 0.979. The Morgan fingerprint density at radius 1 is 1.71 bits per heavy atom. The Morgan fingerprint density at radius 3 is 3.07 bits per heavy atom. The van der Waals surface area contributed by atoms with Gasteiger partial charge in [-0.3, -0.25) is 4.79 Å². The summed E-state index contributed by atoms with van der Waals surface area (Å²) >= 11 is 0. The standard InChI is InChI=1S/C10H14N2O2/c1-3-7-8(6-14-10(7)13)9-11-4-5-12(9)2/h4-5,7-8H,3,6H2,1-2H3. The van der Waals surface area contributed by atoms with Crippen molar-refractivity contribution in [3.63, 3.8) is 0 Å². The lowest BCUT2D eigenvalue weighted by Gasteiger charge is -2.12. The SMILES string of the molecule is CCC1C(=O)OCC1c1nccn1C. The summed E-state index contributed by atoms with van der Waals surface area (Å²) in [7, 11) is 1.94. The van der Waals surface area contributed by atoms with Crippen LogP contribution < -0.4 is 0 Å². The molecule has 1 aliphatic heterocycles. The number of carbonyl (C=O) groups excluding carboxylic acids is 1. The minimum absolute atomic E-state index is 0.0175. The average Bonchev–Trinajstić information content (AvgIpc) is 2.71. The Hall–Kier alpha value is -1.32. The van der Waals surface area contributed by atoms with Crippen LogP contribution in [0, 0.1) is 5.92 Å². The quantitative estimate of drug-likeness (QED) is 0.662. The van der Waals surface area contributed by atoms with E-state index >= 15 is 0 Å². The van der Waals surface area contributed by atoms with Crippen molar-refractivity contribution >= 4 is 5.97 Å². The van der Waals surface area contributed by atoms with Crippen molar-refractivity contribution < 1.29 is 9.53 Å². The lowest BCUT2D eigenvalue weighted by atomic mass is 9.92. The Labute approximate surface area is 82.9 Å². The number of carbonyl (C=O) groups is 1. The van der Waals surface area contributed by atoms with Gasteiger partial charge in [0.05, 0.1) is 11.8 Å². The van der Waals surface area contributed by atoms with Gasteiger partial charge < -0.3 is 9.30 Å². The van der Waals surface area contributed by atoms with Crippen LogP contribution in [0.15, 0.2) is 12.4 Å². The maximum absolute atomic E-state index is 11.4. The third-order valence-electron chi connectivity index (χ3n) is 2.82. The van der Waals surface area contributed by atoms with E-state index in [4.69, 9.17) is 4.74 Å². The van der Waals surface area contributed by atoms with E-state index < -0.39 is 0 Å². The molecule has 1 aliphatic rings. The first-order valence-corrected chi connectivity index (χ1v) is 4.88. The molecule has 0 spiro atoms. The van der Waals surface area contributed by atoms with E-state index in [0.717, 1.165) is 12.2 Å². The van der Waals surface area contributed by atoms with Crippen molar-refractivity contribution in [2.24, 2.45) is 13.0 Å². The zero-order valence-electron chi connectivity index (χ0n) is 8.43. The molecule has 0 aromatic carbocycles. The van der Waals surface area contributed by atoms with Gasteiger partial charge in [-0.2, -0.15) is 0 Å². The van der Waals surface area contributed by atoms with Crippen LogP contribution in [0.3, 0.4) is 0 Å². The molecule has 2 atom stereocenters. The minimum atomic E-state index is -0.0829. The molecule has 1 saturated heterocycles. The lowest BCUT2D eigenvalue weighted by molar-refractivity contribution is -0.141. The summed E-state index contributed by atoms with van der Waals surface area (Å²) in [6.45, 7) is 2.48. The van der Waals surface area contributed by atoms with E-state index in [1.807, 2.05) is 24.7 Å². The van der Waals surface area contributed by atoms with Crippen molar-refractivity contribution in [3.05, 3.63) is 18.2 Å². The smallest absolute Gasteiger partial charge is 0.309 e. The first-order chi connectivity index (χ1) is 6.74. The molecule has 0 aliphatic carbocycles. The third kappa shape index (κ3) is 1.31. The van der Waals surface area contributed by atoms with E-state index in [0.29, 0.717) is 6.61 Å². The summed E-state index contributed by atoms with van der Waals surface area (Å²) in [4.78, 5) is 15.6. The largest absolute Gasteiger partial charge is 0.465 e. The highest BCUT2D eigenvalue weighted by Crippen LogP contribution is 2.32. The summed E-state index contributed by atoms with van der Waals surface area (Å²) < 4.78 is 7.01. The van der Waals surface area contributed by atoms with E-state index in [-0.39, 0.29) is 17.8 Å². The molecule has 1 aromatic rings. The average molecular weight is 194 g/mol. The topological polar surface area (TPSA) is 44.1 Å². The van der Waals surface area contributed by atoms with Gasteiger partial charge >= 0.3 is 5.97 Å². The predicted molar refractivity (Wildman–Crippen MR) is 50.7 cm³/mol. The zero-order valence-corrected chi connectivity index (χ0v) is 8.43. The summed E-state index contributed by atoms with van der Waals surface area (Å²) in [6, 6.07) is 0. The fourth-order valence-electron chi connectivity index (χ4n) is 2.00.